The summed E-state index contributed by atoms with van der Waals surface area (Å²) in [7, 11) is 0. The van der Waals surface area contributed by atoms with Gasteiger partial charge in [-0.25, -0.2) is 5.01 Å². The molecule has 3 unspecified atom stereocenters. The van der Waals surface area contributed by atoms with Gasteiger partial charge in [0.1, 0.15) is 5.69 Å². The predicted octanol–water partition coefficient (Wildman–Crippen LogP) is 6.78. The first kappa shape index (κ1) is 23.6. The van der Waals surface area contributed by atoms with Crippen LogP contribution < -0.4 is 10.4 Å². The minimum atomic E-state index is -4.72. The van der Waals surface area contributed by atoms with Gasteiger partial charge in [0.25, 0.3) is 11.6 Å². The molecule has 2 aliphatic carbocycles. The number of para-hydroxylation sites is 1. The molecule has 0 radical (unpaired) electrons. The van der Waals surface area contributed by atoms with Crippen LogP contribution in [0.15, 0.2) is 84.9 Å². The predicted molar refractivity (Wildman–Crippen MR) is 129 cm³/mol. The summed E-state index contributed by atoms with van der Waals surface area (Å²) >= 11 is 0. The van der Waals surface area contributed by atoms with E-state index in [9.17, 15) is 28.1 Å². The average molecular weight is 493 g/mol. The van der Waals surface area contributed by atoms with E-state index < -0.39 is 33.9 Å². The topological polar surface area (TPSA) is 75.5 Å². The molecule has 3 atom stereocenters. The van der Waals surface area contributed by atoms with Crippen LogP contribution >= 0.6 is 0 Å². The van der Waals surface area contributed by atoms with Gasteiger partial charge in [-0.05, 0) is 72.6 Å². The van der Waals surface area contributed by atoms with Crippen molar-refractivity contribution < 1.29 is 22.9 Å². The van der Waals surface area contributed by atoms with Crippen molar-refractivity contribution >= 4 is 23.0 Å². The number of anilines is 2. The van der Waals surface area contributed by atoms with E-state index in [-0.39, 0.29) is 11.3 Å². The molecule has 184 valence electrons. The van der Waals surface area contributed by atoms with Crippen molar-refractivity contribution in [1.29, 1.82) is 0 Å². The Labute approximate surface area is 205 Å². The number of hydrogen-bond donors (Lipinski definition) is 1. The van der Waals surface area contributed by atoms with Crippen LogP contribution in [0.2, 0.25) is 0 Å². The maximum atomic E-state index is 13.4. The Morgan fingerprint density at radius 2 is 1.69 bits per heavy atom. The minimum absolute atomic E-state index is 0.263. The molecule has 0 spiro atoms. The normalized spacial score (nSPS) is 20.4. The molecule has 1 N–H and O–H groups in total. The van der Waals surface area contributed by atoms with Gasteiger partial charge in [-0.1, -0.05) is 42.5 Å². The van der Waals surface area contributed by atoms with E-state index in [1.165, 1.54) is 12.1 Å². The Kier molecular flexibility index (Phi) is 5.99. The van der Waals surface area contributed by atoms with Crippen molar-refractivity contribution in [3.63, 3.8) is 0 Å². The maximum Gasteiger partial charge on any atom is 0.416 e. The molecule has 0 aliphatic heterocycles. The number of carbonyl (C=O) groups is 1. The standard InChI is InChI=1S/C27H22F3N3O3/c28-27(29,30)21-12-13-24(33(35)36)25(16-21)32(22-4-2-1-3-5-22)31-26(34)19-10-8-18(9-11-19)23-15-17-6-7-20(23)14-17/h1-13,16-17,20,23H,14-15H2,(H,31,34). The number of rotatable bonds is 6. The lowest BCUT2D eigenvalue weighted by Crippen LogP contribution is -2.39. The number of allylic oxidation sites excluding steroid dienone is 2. The van der Waals surface area contributed by atoms with Gasteiger partial charge in [-0.15, -0.1) is 0 Å². The Hall–Kier alpha value is -4.14. The molecule has 1 fully saturated rings. The third-order valence-electron chi connectivity index (χ3n) is 6.85. The number of carbonyl (C=O) groups excluding carboxylic acids is 1. The van der Waals surface area contributed by atoms with Crippen LogP contribution in [0.25, 0.3) is 0 Å². The summed E-state index contributed by atoms with van der Waals surface area (Å²) in [6, 6.07) is 17.2. The number of hydrogen-bond acceptors (Lipinski definition) is 4. The van der Waals surface area contributed by atoms with Gasteiger partial charge in [0.2, 0.25) is 0 Å². The van der Waals surface area contributed by atoms with Crippen molar-refractivity contribution in [3.05, 3.63) is 112 Å². The average Bonchev–Trinajstić information content (AvgIpc) is 3.51. The Morgan fingerprint density at radius 1 is 0.972 bits per heavy atom. The first-order valence-corrected chi connectivity index (χ1v) is 11.5. The number of fused-ring (bicyclic) bond motifs is 2. The van der Waals surface area contributed by atoms with Gasteiger partial charge in [-0.2, -0.15) is 13.2 Å². The summed E-state index contributed by atoms with van der Waals surface area (Å²) in [5, 5.41) is 12.7. The fraction of sp³-hybridized carbons (Fsp3) is 0.222. The van der Waals surface area contributed by atoms with Crippen LogP contribution in [0.5, 0.6) is 0 Å². The van der Waals surface area contributed by atoms with Crippen LogP contribution in [-0.2, 0) is 6.18 Å². The summed E-state index contributed by atoms with van der Waals surface area (Å²) < 4.78 is 40.3. The monoisotopic (exact) mass is 493 g/mol. The summed E-state index contributed by atoms with van der Waals surface area (Å²) in [4.78, 5) is 24.1. The zero-order valence-electron chi connectivity index (χ0n) is 19.0. The van der Waals surface area contributed by atoms with Crippen molar-refractivity contribution in [1.82, 2.24) is 5.43 Å². The minimum Gasteiger partial charge on any atom is -0.267 e. The quantitative estimate of drug-likeness (QED) is 0.233. The van der Waals surface area contributed by atoms with Gasteiger partial charge in [-0.3, -0.25) is 20.3 Å². The molecule has 0 saturated heterocycles. The maximum absolute atomic E-state index is 13.4. The van der Waals surface area contributed by atoms with Crippen LogP contribution in [0.3, 0.4) is 0 Å². The molecule has 3 aromatic carbocycles. The number of nitrogens with zero attached hydrogens (tertiary/aromatic N) is 2. The lowest BCUT2D eigenvalue weighted by Gasteiger charge is -2.26. The fourth-order valence-corrected chi connectivity index (χ4v) is 5.09. The Balaban J connectivity index is 1.47. The van der Waals surface area contributed by atoms with Crippen molar-refractivity contribution in [2.45, 2.75) is 24.9 Å². The lowest BCUT2D eigenvalue weighted by molar-refractivity contribution is -0.384. The number of nitro groups is 1. The van der Waals surface area contributed by atoms with Gasteiger partial charge < -0.3 is 0 Å². The molecule has 1 saturated carbocycles. The Bertz CT molecular complexity index is 1320. The molecular formula is C27H22F3N3O3. The highest BCUT2D eigenvalue weighted by Crippen LogP contribution is 2.48. The summed E-state index contributed by atoms with van der Waals surface area (Å²) in [5.74, 6) is 0.908. The molecule has 6 nitrogen and oxygen atoms in total. The lowest BCUT2D eigenvalue weighted by atomic mass is 9.86. The second-order valence-electron chi connectivity index (χ2n) is 9.08. The first-order chi connectivity index (χ1) is 17.2. The molecule has 5 rings (SSSR count). The van der Waals surface area contributed by atoms with Crippen LogP contribution in [0, 0.1) is 22.0 Å². The van der Waals surface area contributed by atoms with Crippen LogP contribution in [0.1, 0.15) is 40.2 Å². The van der Waals surface area contributed by atoms with E-state index in [0.717, 1.165) is 29.5 Å². The van der Waals surface area contributed by atoms with Crippen LogP contribution in [0.4, 0.5) is 30.2 Å². The smallest absolute Gasteiger partial charge is 0.267 e. The van der Waals surface area contributed by atoms with Crippen molar-refractivity contribution in [2.75, 3.05) is 5.01 Å². The molecular weight excluding hydrogens is 471 g/mol. The molecule has 36 heavy (non-hydrogen) atoms. The highest BCUT2D eigenvalue weighted by Gasteiger charge is 2.37. The van der Waals surface area contributed by atoms with Gasteiger partial charge >= 0.3 is 6.18 Å². The molecule has 2 aliphatic rings. The van der Waals surface area contributed by atoms with Crippen molar-refractivity contribution in [3.8, 4) is 0 Å². The van der Waals surface area contributed by atoms with E-state index in [1.807, 2.05) is 12.1 Å². The van der Waals surface area contributed by atoms with Gasteiger partial charge in [0.15, 0.2) is 0 Å². The number of benzene rings is 3. The zero-order valence-corrected chi connectivity index (χ0v) is 19.0. The molecule has 3 aromatic rings. The summed E-state index contributed by atoms with van der Waals surface area (Å²) in [6.45, 7) is 0. The third kappa shape index (κ3) is 4.56. The molecule has 0 aromatic heterocycles. The fourth-order valence-electron chi connectivity index (χ4n) is 5.09. The molecule has 2 bridgehead atoms. The van der Waals surface area contributed by atoms with Crippen LogP contribution in [-0.4, -0.2) is 10.8 Å². The number of hydrazine groups is 1. The summed E-state index contributed by atoms with van der Waals surface area (Å²) in [6.07, 6.45) is 2.01. The summed E-state index contributed by atoms with van der Waals surface area (Å²) in [5.41, 5.74) is 2.20. The second-order valence-corrected chi connectivity index (χ2v) is 9.08. The highest BCUT2D eigenvalue weighted by molar-refractivity contribution is 5.96. The van der Waals surface area contributed by atoms with E-state index in [1.54, 1.807) is 30.3 Å². The van der Waals surface area contributed by atoms with E-state index in [2.05, 4.69) is 17.6 Å². The largest absolute Gasteiger partial charge is 0.416 e. The van der Waals surface area contributed by atoms with E-state index in [0.29, 0.717) is 29.9 Å². The molecule has 9 heteroatoms. The molecule has 0 heterocycles. The molecule has 1 amide bonds. The van der Waals surface area contributed by atoms with Gasteiger partial charge in [0, 0.05) is 11.6 Å². The van der Waals surface area contributed by atoms with Gasteiger partial charge in [0.05, 0.1) is 16.2 Å². The highest BCUT2D eigenvalue weighted by atomic mass is 19.4. The third-order valence-corrected chi connectivity index (χ3v) is 6.85. The van der Waals surface area contributed by atoms with Crippen molar-refractivity contribution in [2.24, 2.45) is 11.8 Å². The number of alkyl halides is 3. The number of nitrogens with one attached hydrogen (secondary N) is 1. The van der Waals surface area contributed by atoms with E-state index >= 15 is 0 Å². The number of amides is 1. The Morgan fingerprint density at radius 3 is 2.28 bits per heavy atom. The SMILES string of the molecule is O=C(NN(c1ccccc1)c1cc(C(F)(F)F)ccc1[N+](=O)[O-])c1ccc(C2CC3C=CC2C3)cc1. The number of nitro benzene ring substituents is 1. The zero-order chi connectivity index (χ0) is 25.4. The van der Waals surface area contributed by atoms with E-state index in [4.69, 9.17) is 0 Å². The second kappa shape index (κ2) is 9.14. The number of halogens is 3. The first-order valence-electron chi connectivity index (χ1n) is 11.5.